The zero-order valence-corrected chi connectivity index (χ0v) is 12.0. The molecule has 1 N–H and O–H groups in total. The number of benzene rings is 2. The van der Waals surface area contributed by atoms with Crippen molar-refractivity contribution in [3.63, 3.8) is 0 Å². The lowest BCUT2D eigenvalue weighted by atomic mass is 10.2. The van der Waals surface area contributed by atoms with Crippen LogP contribution in [0.15, 0.2) is 34.8 Å². The number of nitro benzene ring substituents is 1. The second-order valence-electron chi connectivity index (χ2n) is 4.15. The molecule has 0 spiro atoms. The molecule has 0 atom stereocenters. The van der Waals surface area contributed by atoms with Crippen molar-refractivity contribution in [1.82, 2.24) is 0 Å². The van der Waals surface area contributed by atoms with Gasteiger partial charge in [-0.1, -0.05) is 15.9 Å². The minimum Gasteiger partial charge on any atom is -0.375 e. The lowest BCUT2D eigenvalue weighted by Crippen LogP contribution is -2.04. The van der Waals surface area contributed by atoms with Gasteiger partial charge in [0.2, 0.25) is 0 Å². The minimum absolute atomic E-state index is 0.0867. The molecule has 0 saturated carbocycles. The van der Waals surface area contributed by atoms with Gasteiger partial charge in [-0.25, -0.2) is 13.2 Å². The van der Waals surface area contributed by atoms with Gasteiger partial charge >= 0.3 is 0 Å². The highest BCUT2D eigenvalue weighted by Gasteiger charge is 2.15. The molecule has 0 aliphatic heterocycles. The van der Waals surface area contributed by atoms with Crippen LogP contribution < -0.4 is 5.32 Å². The van der Waals surface area contributed by atoms with Crippen molar-refractivity contribution in [3.05, 3.63) is 67.9 Å². The third-order valence-corrected chi connectivity index (χ3v) is 3.18. The molecule has 2 aromatic rings. The summed E-state index contributed by atoms with van der Waals surface area (Å²) >= 11 is 3.11. The van der Waals surface area contributed by atoms with Gasteiger partial charge in [-0.15, -0.1) is 0 Å². The van der Waals surface area contributed by atoms with Crippen LogP contribution in [0.5, 0.6) is 0 Å². The van der Waals surface area contributed by atoms with E-state index in [9.17, 15) is 23.3 Å². The van der Waals surface area contributed by atoms with Gasteiger partial charge in [0, 0.05) is 17.1 Å². The number of nitro groups is 1. The van der Waals surface area contributed by atoms with E-state index in [1.54, 1.807) is 6.07 Å². The van der Waals surface area contributed by atoms with Gasteiger partial charge in [0.25, 0.3) is 5.69 Å². The monoisotopic (exact) mass is 360 g/mol. The van der Waals surface area contributed by atoms with Crippen LogP contribution in [0.4, 0.5) is 24.5 Å². The van der Waals surface area contributed by atoms with Crippen LogP contribution in [-0.4, -0.2) is 4.92 Å². The van der Waals surface area contributed by atoms with E-state index in [2.05, 4.69) is 21.2 Å². The van der Waals surface area contributed by atoms with Gasteiger partial charge in [0.05, 0.1) is 4.92 Å². The SMILES string of the molecule is O=[N+]([O-])c1cc(Br)ccc1NCc1cc(F)c(F)c(F)c1. The van der Waals surface area contributed by atoms with Crippen LogP contribution in [0, 0.1) is 27.6 Å². The molecule has 0 radical (unpaired) electrons. The summed E-state index contributed by atoms with van der Waals surface area (Å²) in [5.74, 6) is -4.16. The summed E-state index contributed by atoms with van der Waals surface area (Å²) in [5.41, 5.74) is 0.129. The van der Waals surface area contributed by atoms with Crippen molar-refractivity contribution in [2.75, 3.05) is 5.32 Å². The van der Waals surface area contributed by atoms with Crippen LogP contribution in [0.2, 0.25) is 0 Å². The van der Waals surface area contributed by atoms with Crippen LogP contribution in [0.3, 0.4) is 0 Å². The summed E-state index contributed by atoms with van der Waals surface area (Å²) in [5, 5.41) is 13.6. The number of hydrogen-bond donors (Lipinski definition) is 1. The molecule has 8 heteroatoms. The summed E-state index contributed by atoms with van der Waals surface area (Å²) in [7, 11) is 0. The first kappa shape index (κ1) is 15.3. The second kappa shape index (κ2) is 6.13. The molecule has 0 aromatic heterocycles. The fraction of sp³-hybridized carbons (Fsp3) is 0.0769. The van der Waals surface area contributed by atoms with Crippen molar-refractivity contribution in [3.8, 4) is 0 Å². The molecular weight excluding hydrogens is 353 g/mol. The van der Waals surface area contributed by atoms with Crippen molar-refractivity contribution in [2.24, 2.45) is 0 Å². The highest BCUT2D eigenvalue weighted by atomic mass is 79.9. The molecule has 0 bridgehead atoms. The minimum atomic E-state index is -1.55. The highest BCUT2D eigenvalue weighted by molar-refractivity contribution is 9.10. The summed E-state index contributed by atoms with van der Waals surface area (Å²) in [6.45, 7) is -0.0867. The Morgan fingerprint density at radius 3 is 2.33 bits per heavy atom. The van der Waals surface area contributed by atoms with Crippen molar-refractivity contribution < 1.29 is 18.1 Å². The highest BCUT2D eigenvalue weighted by Crippen LogP contribution is 2.28. The van der Waals surface area contributed by atoms with Crippen molar-refractivity contribution in [1.29, 1.82) is 0 Å². The Kier molecular flexibility index (Phi) is 4.46. The van der Waals surface area contributed by atoms with E-state index in [-0.39, 0.29) is 23.5 Å². The maximum absolute atomic E-state index is 13.1. The summed E-state index contributed by atoms with van der Waals surface area (Å²) < 4.78 is 39.5. The lowest BCUT2D eigenvalue weighted by molar-refractivity contribution is -0.384. The van der Waals surface area contributed by atoms with Crippen LogP contribution in [0.25, 0.3) is 0 Å². The standard InChI is InChI=1S/C13H8BrF3N2O2/c14-8-1-2-11(12(5-8)19(20)21)18-6-7-3-9(15)13(17)10(16)4-7/h1-5,18H,6H2. The van der Waals surface area contributed by atoms with Gasteiger partial charge < -0.3 is 5.32 Å². The number of anilines is 1. The largest absolute Gasteiger partial charge is 0.375 e. The molecule has 0 amide bonds. The van der Waals surface area contributed by atoms with E-state index in [0.717, 1.165) is 12.1 Å². The molecule has 0 aliphatic carbocycles. The molecular formula is C13H8BrF3N2O2. The maximum Gasteiger partial charge on any atom is 0.293 e. The van der Waals surface area contributed by atoms with E-state index in [1.807, 2.05) is 0 Å². The molecule has 4 nitrogen and oxygen atoms in total. The molecule has 2 aromatic carbocycles. The Hall–Kier alpha value is -2.09. The molecule has 0 unspecified atom stereocenters. The fourth-order valence-corrected chi connectivity index (χ4v) is 2.06. The van der Waals surface area contributed by atoms with Crippen LogP contribution >= 0.6 is 15.9 Å². The van der Waals surface area contributed by atoms with Gasteiger partial charge in [0.15, 0.2) is 17.5 Å². The predicted octanol–water partition coefficient (Wildman–Crippen LogP) is 4.39. The fourth-order valence-electron chi connectivity index (χ4n) is 1.71. The van der Waals surface area contributed by atoms with Gasteiger partial charge in [-0.3, -0.25) is 10.1 Å². The van der Waals surface area contributed by atoms with E-state index < -0.39 is 22.4 Å². The number of nitrogens with one attached hydrogen (secondary N) is 1. The Bertz CT molecular complexity index is 687. The molecule has 0 aliphatic rings. The lowest BCUT2D eigenvalue weighted by Gasteiger charge is -2.08. The van der Waals surface area contributed by atoms with Gasteiger partial charge in [-0.05, 0) is 29.8 Å². The summed E-state index contributed by atoms with van der Waals surface area (Å²) in [6.07, 6.45) is 0. The van der Waals surface area contributed by atoms with Gasteiger partial charge in [0.1, 0.15) is 5.69 Å². The normalized spacial score (nSPS) is 10.5. The van der Waals surface area contributed by atoms with Crippen molar-refractivity contribution in [2.45, 2.75) is 6.54 Å². The van der Waals surface area contributed by atoms with Gasteiger partial charge in [-0.2, -0.15) is 0 Å². The molecule has 0 heterocycles. The quantitative estimate of drug-likeness (QED) is 0.499. The molecule has 2 rings (SSSR count). The van der Waals surface area contributed by atoms with E-state index in [4.69, 9.17) is 0 Å². The van der Waals surface area contributed by atoms with E-state index >= 15 is 0 Å². The topological polar surface area (TPSA) is 55.2 Å². The molecule has 0 saturated heterocycles. The van der Waals surface area contributed by atoms with E-state index in [1.165, 1.54) is 12.1 Å². The Morgan fingerprint density at radius 1 is 1.14 bits per heavy atom. The number of hydrogen-bond acceptors (Lipinski definition) is 3. The first-order chi connectivity index (χ1) is 9.88. The molecule has 21 heavy (non-hydrogen) atoms. The first-order valence-corrected chi connectivity index (χ1v) is 6.49. The smallest absolute Gasteiger partial charge is 0.293 e. The molecule has 110 valence electrons. The Balaban J connectivity index is 2.22. The second-order valence-corrected chi connectivity index (χ2v) is 5.06. The predicted molar refractivity (Wildman–Crippen MR) is 74.4 cm³/mol. The van der Waals surface area contributed by atoms with Crippen LogP contribution in [-0.2, 0) is 6.54 Å². The zero-order chi connectivity index (χ0) is 15.6. The van der Waals surface area contributed by atoms with E-state index in [0.29, 0.717) is 4.47 Å². The summed E-state index contributed by atoms with van der Waals surface area (Å²) in [4.78, 5) is 10.3. The number of nitrogens with zero attached hydrogens (tertiary/aromatic N) is 1. The number of rotatable bonds is 4. The van der Waals surface area contributed by atoms with Crippen LogP contribution in [0.1, 0.15) is 5.56 Å². The number of halogens is 4. The third kappa shape index (κ3) is 3.52. The third-order valence-electron chi connectivity index (χ3n) is 2.68. The average molecular weight is 361 g/mol. The Labute approximate surface area is 125 Å². The average Bonchev–Trinajstić information content (AvgIpc) is 2.43. The molecule has 0 fully saturated rings. The summed E-state index contributed by atoms with van der Waals surface area (Å²) in [6, 6.07) is 6.00. The maximum atomic E-state index is 13.1. The Morgan fingerprint density at radius 2 is 1.76 bits per heavy atom. The van der Waals surface area contributed by atoms with Crippen molar-refractivity contribution >= 4 is 27.3 Å². The first-order valence-electron chi connectivity index (χ1n) is 5.69. The zero-order valence-electron chi connectivity index (χ0n) is 10.4.